The fraction of sp³-hybridized carbons (Fsp3) is 0.379. The maximum absolute atomic E-state index is 13.2. The summed E-state index contributed by atoms with van der Waals surface area (Å²) in [6.07, 6.45) is 0. The predicted octanol–water partition coefficient (Wildman–Crippen LogP) is 1.07. The number of nitrogens with zero attached hydrogens (tertiary/aromatic N) is 3. The van der Waals surface area contributed by atoms with Gasteiger partial charge in [-0.1, -0.05) is 24.8 Å². The van der Waals surface area contributed by atoms with Crippen LogP contribution < -0.4 is 20.1 Å². The summed E-state index contributed by atoms with van der Waals surface area (Å²) in [6, 6.07) is 9.49. The zero-order valence-electron chi connectivity index (χ0n) is 22.7. The number of piperazine rings is 1. The molecule has 3 aliphatic rings. The number of nitrogens with one attached hydrogen (secondary N) is 2. The Bertz CT molecular complexity index is 1440. The molecule has 3 aliphatic heterocycles. The molecule has 2 fully saturated rings. The van der Waals surface area contributed by atoms with Gasteiger partial charge in [-0.15, -0.1) is 0 Å². The standard InChI is InChI=1S/C29H31N5O6/c1-4-32-11-13-33(14-12-32)25(35)20-6-8-24(40-3)19(15-20)9-10-29(27(37)30-28(38)31-29)18-34-17-21-5-7-22(39-2)16-23(21)26(34)36/h5-8,15-16H,4,11-14,17-18H2,1-3H3,(H2,30,31,37,38)/t29-/m1/s1. The minimum Gasteiger partial charge on any atom is -0.497 e. The number of ether oxygens (including phenoxy) is 2. The number of carbonyl (C=O) groups excluding carboxylic acids is 4. The van der Waals surface area contributed by atoms with Crippen molar-refractivity contribution >= 4 is 23.8 Å². The van der Waals surface area contributed by atoms with Crippen molar-refractivity contribution in [3.8, 4) is 23.3 Å². The Morgan fingerprint density at radius 3 is 2.45 bits per heavy atom. The van der Waals surface area contributed by atoms with Gasteiger partial charge in [-0.05, 0) is 42.4 Å². The molecule has 1 atom stereocenters. The average Bonchev–Trinajstić information content (AvgIpc) is 3.44. The van der Waals surface area contributed by atoms with Gasteiger partial charge in [0.1, 0.15) is 11.5 Å². The van der Waals surface area contributed by atoms with Crippen LogP contribution in [0.1, 0.15) is 38.8 Å². The van der Waals surface area contributed by atoms with Crippen molar-refractivity contribution in [2.24, 2.45) is 0 Å². The molecule has 0 spiro atoms. The van der Waals surface area contributed by atoms with Crippen LogP contribution >= 0.6 is 0 Å². The van der Waals surface area contributed by atoms with E-state index in [2.05, 4.69) is 34.3 Å². The van der Waals surface area contributed by atoms with E-state index >= 15 is 0 Å². The summed E-state index contributed by atoms with van der Waals surface area (Å²) in [5, 5.41) is 4.84. The molecule has 0 bridgehead atoms. The van der Waals surface area contributed by atoms with Crippen LogP contribution in [0.4, 0.5) is 4.79 Å². The largest absolute Gasteiger partial charge is 0.497 e. The Morgan fingerprint density at radius 1 is 1.02 bits per heavy atom. The Balaban J connectivity index is 1.43. The lowest BCUT2D eigenvalue weighted by molar-refractivity contribution is -0.122. The number of likely N-dealkylation sites (N-methyl/N-ethyl adjacent to an activating group) is 1. The molecule has 0 aliphatic carbocycles. The molecule has 2 aromatic rings. The predicted molar refractivity (Wildman–Crippen MR) is 145 cm³/mol. The van der Waals surface area contributed by atoms with Crippen molar-refractivity contribution in [2.45, 2.75) is 19.0 Å². The number of amides is 5. The molecule has 0 saturated carbocycles. The van der Waals surface area contributed by atoms with Crippen LogP contribution in [-0.4, -0.2) is 97.5 Å². The summed E-state index contributed by atoms with van der Waals surface area (Å²) in [6.45, 7) is 6.02. The summed E-state index contributed by atoms with van der Waals surface area (Å²) in [7, 11) is 3.01. The number of imide groups is 1. The second-order valence-electron chi connectivity index (χ2n) is 9.89. The molecule has 208 valence electrons. The first-order chi connectivity index (χ1) is 19.3. The quantitative estimate of drug-likeness (QED) is 0.412. The molecular weight excluding hydrogens is 514 g/mol. The first-order valence-electron chi connectivity index (χ1n) is 13.1. The zero-order chi connectivity index (χ0) is 28.4. The van der Waals surface area contributed by atoms with E-state index in [1.54, 1.807) is 36.4 Å². The highest BCUT2D eigenvalue weighted by atomic mass is 16.5. The second-order valence-corrected chi connectivity index (χ2v) is 9.89. The van der Waals surface area contributed by atoms with E-state index in [1.807, 2.05) is 4.90 Å². The van der Waals surface area contributed by atoms with Crippen LogP contribution in [0.15, 0.2) is 36.4 Å². The van der Waals surface area contributed by atoms with Crippen molar-refractivity contribution in [3.63, 3.8) is 0 Å². The van der Waals surface area contributed by atoms with E-state index in [-0.39, 0.29) is 24.9 Å². The van der Waals surface area contributed by atoms with Gasteiger partial charge in [-0.2, -0.15) is 0 Å². The Kier molecular flexibility index (Phi) is 7.36. The summed E-state index contributed by atoms with van der Waals surface area (Å²) in [5.74, 6) is 5.74. The maximum Gasteiger partial charge on any atom is 0.323 e. The van der Waals surface area contributed by atoms with Gasteiger partial charge in [0.2, 0.25) is 5.54 Å². The van der Waals surface area contributed by atoms with E-state index in [0.29, 0.717) is 41.3 Å². The number of hydrogen-bond acceptors (Lipinski definition) is 7. The molecular formula is C29H31N5O6. The topological polar surface area (TPSA) is 121 Å². The lowest BCUT2D eigenvalue weighted by Crippen LogP contribution is -2.54. The molecule has 0 aromatic heterocycles. The smallest absolute Gasteiger partial charge is 0.323 e. The Hall–Kier alpha value is -4.56. The third kappa shape index (κ3) is 5.05. The second kappa shape index (κ2) is 10.9. The number of methoxy groups -OCH3 is 2. The fourth-order valence-electron chi connectivity index (χ4n) is 5.17. The van der Waals surface area contributed by atoms with Crippen molar-refractivity contribution < 1.29 is 28.7 Å². The van der Waals surface area contributed by atoms with Gasteiger partial charge in [0.15, 0.2) is 0 Å². The molecule has 11 heteroatoms. The number of benzene rings is 2. The monoisotopic (exact) mass is 545 g/mol. The van der Waals surface area contributed by atoms with Gasteiger partial charge in [0, 0.05) is 43.9 Å². The number of fused-ring (bicyclic) bond motifs is 1. The minimum atomic E-state index is -1.69. The zero-order valence-corrected chi connectivity index (χ0v) is 22.7. The normalized spacial score (nSPS) is 20.4. The lowest BCUT2D eigenvalue weighted by Gasteiger charge is -2.34. The number of rotatable bonds is 6. The summed E-state index contributed by atoms with van der Waals surface area (Å²) < 4.78 is 10.7. The fourth-order valence-corrected chi connectivity index (χ4v) is 5.17. The van der Waals surface area contributed by atoms with Gasteiger partial charge in [-0.25, -0.2) is 4.79 Å². The first kappa shape index (κ1) is 27.0. The first-order valence-corrected chi connectivity index (χ1v) is 13.1. The molecule has 11 nitrogen and oxygen atoms in total. The molecule has 5 rings (SSSR count). The molecule has 2 N–H and O–H groups in total. The third-order valence-corrected chi connectivity index (χ3v) is 7.53. The van der Waals surface area contributed by atoms with E-state index in [4.69, 9.17) is 9.47 Å². The number of carbonyl (C=O) groups is 4. The highest BCUT2D eigenvalue weighted by Gasteiger charge is 2.48. The molecule has 2 saturated heterocycles. The van der Waals surface area contributed by atoms with E-state index in [1.165, 1.54) is 19.1 Å². The molecule has 0 radical (unpaired) electrons. The summed E-state index contributed by atoms with van der Waals surface area (Å²) in [4.78, 5) is 57.2. The molecule has 40 heavy (non-hydrogen) atoms. The number of hydrogen-bond donors (Lipinski definition) is 2. The van der Waals surface area contributed by atoms with E-state index < -0.39 is 17.5 Å². The van der Waals surface area contributed by atoms with E-state index in [9.17, 15) is 19.2 Å². The van der Waals surface area contributed by atoms with Crippen molar-refractivity contribution in [3.05, 3.63) is 58.7 Å². The maximum atomic E-state index is 13.2. The van der Waals surface area contributed by atoms with Gasteiger partial charge < -0.3 is 29.5 Å². The number of urea groups is 1. The minimum absolute atomic E-state index is 0.112. The molecule has 3 heterocycles. The van der Waals surface area contributed by atoms with Crippen LogP contribution in [0.5, 0.6) is 11.5 Å². The lowest BCUT2D eigenvalue weighted by atomic mass is 9.98. The van der Waals surface area contributed by atoms with Crippen LogP contribution in [0, 0.1) is 11.8 Å². The highest BCUT2D eigenvalue weighted by Crippen LogP contribution is 2.29. The van der Waals surface area contributed by atoms with Crippen molar-refractivity contribution in [1.82, 2.24) is 25.3 Å². The highest BCUT2D eigenvalue weighted by molar-refractivity contribution is 6.10. The molecule has 2 aromatic carbocycles. The summed E-state index contributed by atoms with van der Waals surface area (Å²) in [5.41, 5.74) is 0.393. The Labute approximate surface area is 232 Å². The van der Waals surface area contributed by atoms with Gasteiger partial charge in [-0.3, -0.25) is 19.7 Å². The molecule has 5 amide bonds. The SMILES string of the molecule is CCN1CCN(C(=O)c2ccc(OC)c(C#C[C@]3(CN4Cc5ccc(OC)cc5C4=O)NC(=O)NC3=O)c2)CC1. The summed E-state index contributed by atoms with van der Waals surface area (Å²) >= 11 is 0. The van der Waals surface area contributed by atoms with Gasteiger partial charge in [0.25, 0.3) is 17.7 Å². The van der Waals surface area contributed by atoms with E-state index in [0.717, 1.165) is 25.2 Å². The molecule has 0 unspecified atom stereocenters. The van der Waals surface area contributed by atoms with Gasteiger partial charge in [0.05, 0.1) is 26.3 Å². The average molecular weight is 546 g/mol. The van der Waals surface area contributed by atoms with Gasteiger partial charge >= 0.3 is 6.03 Å². The third-order valence-electron chi connectivity index (χ3n) is 7.53. The van der Waals surface area contributed by atoms with Crippen LogP contribution in [-0.2, 0) is 11.3 Å². The van der Waals surface area contributed by atoms with Crippen molar-refractivity contribution in [1.29, 1.82) is 0 Å². The van der Waals surface area contributed by atoms with Crippen LogP contribution in [0.3, 0.4) is 0 Å². The Morgan fingerprint density at radius 2 is 1.80 bits per heavy atom. The van der Waals surface area contributed by atoms with Crippen LogP contribution in [0.25, 0.3) is 0 Å². The van der Waals surface area contributed by atoms with Crippen molar-refractivity contribution in [2.75, 3.05) is 53.5 Å². The van der Waals surface area contributed by atoms with Crippen LogP contribution in [0.2, 0.25) is 0 Å².